The van der Waals surface area contributed by atoms with Crippen molar-refractivity contribution in [2.75, 3.05) is 5.32 Å². The monoisotopic (exact) mass is 390 g/mol. The van der Waals surface area contributed by atoms with Gasteiger partial charge in [0.25, 0.3) is 5.91 Å². The van der Waals surface area contributed by atoms with Crippen molar-refractivity contribution in [3.05, 3.63) is 54.2 Å². The van der Waals surface area contributed by atoms with E-state index in [1.165, 1.54) is 23.0 Å². The summed E-state index contributed by atoms with van der Waals surface area (Å²) >= 11 is 0. The van der Waals surface area contributed by atoms with Gasteiger partial charge >= 0.3 is 0 Å². The maximum absolute atomic E-state index is 14.3. The van der Waals surface area contributed by atoms with Crippen molar-refractivity contribution >= 4 is 17.5 Å². The molecule has 0 radical (unpaired) electrons. The molecule has 0 saturated carbocycles. The average molecular weight is 390 g/mol. The third-order valence-electron chi connectivity index (χ3n) is 3.83. The van der Waals surface area contributed by atoms with Gasteiger partial charge in [-0.2, -0.15) is 15.6 Å². The molecule has 0 aliphatic carbocycles. The van der Waals surface area contributed by atoms with Crippen LogP contribution in [0.25, 0.3) is 11.3 Å². The number of benzene rings is 1. The zero-order valence-electron chi connectivity index (χ0n) is 15.3. The minimum Gasteiger partial charge on any atom is -0.337 e. The van der Waals surface area contributed by atoms with Crippen molar-refractivity contribution in [3.63, 3.8) is 0 Å². The van der Waals surface area contributed by atoms with Crippen LogP contribution in [-0.2, 0) is 6.54 Å². The van der Waals surface area contributed by atoms with Crippen LogP contribution in [0.4, 0.5) is 16.0 Å². The number of hydrogen-bond donors (Lipinski definition) is 2. The quantitative estimate of drug-likeness (QED) is 0.660. The van der Waals surface area contributed by atoms with Gasteiger partial charge < -0.3 is 10.6 Å². The summed E-state index contributed by atoms with van der Waals surface area (Å²) in [5.74, 6) is -0.862. The summed E-state index contributed by atoms with van der Waals surface area (Å²) in [6, 6.07) is 9.44. The van der Waals surface area contributed by atoms with E-state index in [0.717, 1.165) is 6.20 Å². The summed E-state index contributed by atoms with van der Waals surface area (Å²) in [5.41, 5.74) is 1.41. The fraction of sp³-hybridized carbons (Fsp3) is 0.158. The van der Waals surface area contributed by atoms with Gasteiger partial charge in [-0.25, -0.2) is 14.4 Å². The normalized spacial score (nSPS) is 11.2. The van der Waals surface area contributed by atoms with Gasteiger partial charge in [-0.1, -0.05) is 12.1 Å². The highest BCUT2D eigenvalue weighted by Gasteiger charge is 2.13. The van der Waals surface area contributed by atoms with Crippen molar-refractivity contribution in [1.82, 2.24) is 25.1 Å². The second kappa shape index (κ2) is 8.59. The predicted octanol–water partition coefficient (Wildman–Crippen LogP) is 2.39. The van der Waals surface area contributed by atoms with Gasteiger partial charge in [0.15, 0.2) is 5.82 Å². The molecule has 0 saturated heterocycles. The van der Waals surface area contributed by atoms with E-state index in [2.05, 4.69) is 25.7 Å². The molecular formula is C19H15FN8O. The number of nitrogens with one attached hydrogen (secondary N) is 2. The molecule has 1 amide bonds. The molecule has 0 bridgehead atoms. The zero-order chi connectivity index (χ0) is 20.8. The SMILES string of the molecule is C[C@@H](C#N)NC(=O)c1ccc(-c2nc(Nc3cnn(CC#N)c3)ncc2F)cc1. The fourth-order valence-corrected chi connectivity index (χ4v) is 2.44. The fourth-order valence-electron chi connectivity index (χ4n) is 2.44. The first-order valence-electron chi connectivity index (χ1n) is 8.50. The Hall–Kier alpha value is -4.31. The van der Waals surface area contributed by atoms with Crippen LogP contribution in [0.5, 0.6) is 0 Å². The molecule has 2 N–H and O–H groups in total. The van der Waals surface area contributed by atoms with Crippen molar-refractivity contribution in [2.45, 2.75) is 19.5 Å². The van der Waals surface area contributed by atoms with Gasteiger partial charge in [-0.3, -0.25) is 9.48 Å². The predicted molar refractivity (Wildman–Crippen MR) is 101 cm³/mol. The van der Waals surface area contributed by atoms with E-state index in [0.29, 0.717) is 16.8 Å². The van der Waals surface area contributed by atoms with Crippen molar-refractivity contribution in [1.29, 1.82) is 10.5 Å². The number of amides is 1. The van der Waals surface area contributed by atoms with E-state index >= 15 is 0 Å². The Labute approximate surface area is 165 Å². The lowest BCUT2D eigenvalue weighted by Crippen LogP contribution is -2.31. The van der Waals surface area contributed by atoms with E-state index in [1.54, 1.807) is 25.3 Å². The molecule has 0 aliphatic heterocycles. The van der Waals surface area contributed by atoms with E-state index in [9.17, 15) is 9.18 Å². The zero-order valence-corrected chi connectivity index (χ0v) is 15.3. The number of carbonyl (C=O) groups excluding carboxylic acids is 1. The molecular weight excluding hydrogens is 375 g/mol. The van der Waals surface area contributed by atoms with Gasteiger partial charge in [0.2, 0.25) is 5.95 Å². The van der Waals surface area contributed by atoms with Crippen LogP contribution < -0.4 is 10.6 Å². The molecule has 9 nitrogen and oxygen atoms in total. The molecule has 29 heavy (non-hydrogen) atoms. The Kier molecular flexibility index (Phi) is 5.76. The van der Waals surface area contributed by atoms with Crippen LogP contribution in [0.1, 0.15) is 17.3 Å². The van der Waals surface area contributed by atoms with Crippen molar-refractivity contribution < 1.29 is 9.18 Å². The van der Waals surface area contributed by atoms with Gasteiger partial charge in [-0.15, -0.1) is 0 Å². The van der Waals surface area contributed by atoms with E-state index < -0.39 is 17.8 Å². The second-order valence-corrected chi connectivity index (χ2v) is 6.00. The summed E-state index contributed by atoms with van der Waals surface area (Å²) < 4.78 is 15.7. The Morgan fingerprint density at radius 3 is 2.72 bits per heavy atom. The second-order valence-electron chi connectivity index (χ2n) is 6.00. The number of aromatic nitrogens is 4. The van der Waals surface area contributed by atoms with Crippen molar-refractivity contribution in [3.8, 4) is 23.4 Å². The average Bonchev–Trinajstić information content (AvgIpc) is 3.16. The molecule has 3 aromatic rings. The Morgan fingerprint density at radius 1 is 1.28 bits per heavy atom. The first kappa shape index (κ1) is 19.5. The van der Waals surface area contributed by atoms with E-state index in [-0.39, 0.29) is 18.2 Å². The summed E-state index contributed by atoms with van der Waals surface area (Å²) in [6.07, 6.45) is 4.14. The summed E-state index contributed by atoms with van der Waals surface area (Å²) in [7, 11) is 0. The van der Waals surface area contributed by atoms with Crippen LogP contribution >= 0.6 is 0 Å². The number of carbonyl (C=O) groups is 1. The topological polar surface area (TPSA) is 132 Å². The molecule has 2 aromatic heterocycles. The Morgan fingerprint density at radius 2 is 2.03 bits per heavy atom. The minimum absolute atomic E-state index is 0.0595. The van der Waals surface area contributed by atoms with E-state index in [1.807, 2.05) is 12.1 Å². The highest BCUT2D eigenvalue weighted by molar-refractivity contribution is 5.95. The number of nitriles is 2. The molecule has 0 spiro atoms. The van der Waals surface area contributed by atoms with Crippen LogP contribution in [0.3, 0.4) is 0 Å². The highest BCUT2D eigenvalue weighted by Crippen LogP contribution is 2.23. The largest absolute Gasteiger partial charge is 0.337 e. The molecule has 0 fully saturated rings. The lowest BCUT2D eigenvalue weighted by molar-refractivity contribution is 0.0948. The van der Waals surface area contributed by atoms with Gasteiger partial charge in [0, 0.05) is 17.3 Å². The summed E-state index contributed by atoms with van der Waals surface area (Å²) in [5, 5.41) is 26.9. The molecule has 10 heteroatoms. The van der Waals surface area contributed by atoms with E-state index in [4.69, 9.17) is 10.5 Å². The lowest BCUT2D eigenvalue weighted by atomic mass is 10.1. The maximum Gasteiger partial charge on any atom is 0.252 e. The first-order chi connectivity index (χ1) is 14.0. The molecule has 1 aromatic carbocycles. The van der Waals surface area contributed by atoms with Gasteiger partial charge in [0.05, 0.1) is 30.2 Å². The Balaban J connectivity index is 1.79. The summed E-state index contributed by atoms with van der Waals surface area (Å²) in [6.45, 7) is 1.67. The number of rotatable bonds is 6. The molecule has 0 aliphatic rings. The minimum atomic E-state index is -0.619. The Bertz CT molecular complexity index is 1110. The smallest absolute Gasteiger partial charge is 0.252 e. The third-order valence-corrected chi connectivity index (χ3v) is 3.83. The van der Waals surface area contributed by atoms with Crippen LogP contribution in [0.2, 0.25) is 0 Å². The van der Waals surface area contributed by atoms with Gasteiger partial charge in [0.1, 0.15) is 18.3 Å². The van der Waals surface area contributed by atoms with Gasteiger partial charge in [-0.05, 0) is 19.1 Å². The maximum atomic E-state index is 14.3. The van der Waals surface area contributed by atoms with Crippen LogP contribution in [-0.4, -0.2) is 31.7 Å². The molecule has 1 atom stereocenters. The first-order valence-corrected chi connectivity index (χ1v) is 8.50. The summed E-state index contributed by atoms with van der Waals surface area (Å²) in [4.78, 5) is 20.1. The number of hydrogen-bond acceptors (Lipinski definition) is 7. The number of halogens is 1. The van der Waals surface area contributed by atoms with Crippen LogP contribution in [0.15, 0.2) is 42.9 Å². The number of nitrogens with zero attached hydrogens (tertiary/aromatic N) is 6. The van der Waals surface area contributed by atoms with Crippen LogP contribution in [0, 0.1) is 28.5 Å². The molecule has 144 valence electrons. The number of anilines is 2. The molecule has 2 heterocycles. The lowest BCUT2D eigenvalue weighted by Gasteiger charge is -2.08. The van der Waals surface area contributed by atoms with Crippen molar-refractivity contribution in [2.24, 2.45) is 0 Å². The molecule has 3 rings (SSSR count). The highest BCUT2D eigenvalue weighted by atomic mass is 19.1. The standard InChI is InChI=1S/C19H15FN8O/c1-12(8-22)25-18(29)14-4-2-13(3-5-14)17-16(20)10-23-19(27-17)26-15-9-24-28(11-15)7-6-21/h2-5,9-12H,7H2,1H3,(H,25,29)(H,23,26,27)/t12-/m0/s1. The third kappa shape index (κ3) is 4.70. The molecule has 0 unspecified atom stereocenters.